The van der Waals surface area contributed by atoms with Gasteiger partial charge >= 0.3 is 0 Å². The fourth-order valence-electron chi connectivity index (χ4n) is 2.37. The second kappa shape index (κ2) is 10.0. The third kappa shape index (κ3) is 8.94. The number of hydrogen-bond donors (Lipinski definition) is 3. The van der Waals surface area contributed by atoms with Gasteiger partial charge in [0.1, 0.15) is 0 Å². The third-order valence-electron chi connectivity index (χ3n) is 3.79. The quantitative estimate of drug-likeness (QED) is 0.665. The average molecular weight is 320 g/mol. The number of rotatable bonds is 7. The van der Waals surface area contributed by atoms with Gasteiger partial charge in [-0.3, -0.25) is 9.59 Å². The van der Waals surface area contributed by atoms with E-state index in [2.05, 4.69) is 22.9 Å². The monoisotopic (exact) mass is 319 g/mol. The lowest BCUT2D eigenvalue weighted by molar-refractivity contribution is -0.123. The summed E-state index contributed by atoms with van der Waals surface area (Å²) in [6.45, 7) is 9.44. The van der Waals surface area contributed by atoms with Crippen molar-refractivity contribution in [2.75, 3.05) is 26.2 Å². The molecule has 0 saturated carbocycles. The van der Waals surface area contributed by atoms with E-state index in [1.165, 1.54) is 0 Å². The summed E-state index contributed by atoms with van der Waals surface area (Å²) in [6, 6.07) is 0. The minimum absolute atomic E-state index is 0. The van der Waals surface area contributed by atoms with Crippen LogP contribution in [0.3, 0.4) is 0 Å². The Kier molecular flexibility index (Phi) is 9.62. The molecule has 1 heterocycles. The number of nitrogens with one attached hydrogen (secondary N) is 3. The molecule has 1 fully saturated rings. The molecule has 0 aromatic heterocycles. The normalized spacial score (nSPS) is 17.0. The van der Waals surface area contributed by atoms with Crippen molar-refractivity contribution in [1.82, 2.24) is 16.0 Å². The Balaban J connectivity index is 0.00000400. The molecule has 1 saturated heterocycles. The first-order valence-corrected chi connectivity index (χ1v) is 7.65. The maximum Gasteiger partial charge on any atom is 0.221 e. The van der Waals surface area contributed by atoms with Gasteiger partial charge in [0.25, 0.3) is 0 Å². The van der Waals surface area contributed by atoms with E-state index in [0.717, 1.165) is 32.5 Å². The van der Waals surface area contributed by atoms with E-state index in [4.69, 9.17) is 0 Å². The first-order chi connectivity index (χ1) is 9.41. The van der Waals surface area contributed by atoms with E-state index in [0.29, 0.717) is 25.3 Å². The highest BCUT2D eigenvalue weighted by molar-refractivity contribution is 5.85. The molecule has 1 aliphatic heterocycles. The number of hydrogen-bond acceptors (Lipinski definition) is 3. The molecule has 0 radical (unpaired) electrons. The third-order valence-corrected chi connectivity index (χ3v) is 3.79. The first kappa shape index (κ1) is 20.2. The van der Waals surface area contributed by atoms with E-state index in [-0.39, 0.29) is 29.6 Å². The number of amides is 2. The molecule has 1 aliphatic rings. The highest BCUT2D eigenvalue weighted by Gasteiger charge is 2.26. The summed E-state index contributed by atoms with van der Waals surface area (Å²) in [5.74, 6) is 0.399. The molecule has 3 N–H and O–H groups in total. The Bertz CT molecular complexity index is 329. The Morgan fingerprint density at radius 1 is 1.14 bits per heavy atom. The largest absolute Gasteiger partial charge is 0.356 e. The Morgan fingerprint density at radius 2 is 1.76 bits per heavy atom. The molecule has 0 bridgehead atoms. The lowest BCUT2D eigenvalue weighted by Gasteiger charge is -2.34. The summed E-state index contributed by atoms with van der Waals surface area (Å²) in [7, 11) is 0. The molecular weight excluding hydrogens is 290 g/mol. The zero-order valence-corrected chi connectivity index (χ0v) is 14.3. The molecule has 0 atom stereocenters. The van der Waals surface area contributed by atoms with E-state index in [9.17, 15) is 9.59 Å². The predicted molar refractivity (Wildman–Crippen MR) is 87.6 cm³/mol. The SMILES string of the molecule is CC(C)CC(=O)NCCC(=O)NCC1(C)CCNCC1.Cl. The Labute approximate surface area is 134 Å². The van der Waals surface area contributed by atoms with E-state index in [1.54, 1.807) is 0 Å². The fraction of sp³-hybridized carbons (Fsp3) is 0.867. The van der Waals surface area contributed by atoms with Crippen LogP contribution in [0.1, 0.15) is 46.5 Å². The second-order valence-corrected chi connectivity index (χ2v) is 6.54. The van der Waals surface area contributed by atoms with Gasteiger partial charge in [-0.1, -0.05) is 20.8 Å². The molecule has 6 heteroatoms. The van der Waals surface area contributed by atoms with Crippen LogP contribution in [0, 0.1) is 11.3 Å². The lowest BCUT2D eigenvalue weighted by atomic mass is 9.81. The summed E-state index contributed by atoms with van der Waals surface area (Å²) in [5, 5.41) is 9.10. The predicted octanol–water partition coefficient (Wildman–Crippen LogP) is 1.47. The van der Waals surface area contributed by atoms with Gasteiger partial charge in [-0.2, -0.15) is 0 Å². The van der Waals surface area contributed by atoms with Crippen LogP contribution in [-0.4, -0.2) is 38.0 Å². The van der Waals surface area contributed by atoms with E-state index in [1.807, 2.05) is 13.8 Å². The topological polar surface area (TPSA) is 70.2 Å². The molecule has 0 aliphatic carbocycles. The van der Waals surface area contributed by atoms with Crippen LogP contribution < -0.4 is 16.0 Å². The molecule has 2 amide bonds. The van der Waals surface area contributed by atoms with Gasteiger partial charge in [0.05, 0.1) is 0 Å². The van der Waals surface area contributed by atoms with Gasteiger partial charge < -0.3 is 16.0 Å². The number of halogens is 1. The molecule has 0 aromatic rings. The molecule has 5 nitrogen and oxygen atoms in total. The minimum atomic E-state index is 0. The first-order valence-electron chi connectivity index (χ1n) is 7.65. The molecule has 0 aromatic carbocycles. The van der Waals surface area contributed by atoms with Gasteiger partial charge in [0.15, 0.2) is 0 Å². The summed E-state index contributed by atoms with van der Waals surface area (Å²) in [6.07, 6.45) is 3.07. The Hall–Kier alpha value is -0.810. The van der Waals surface area contributed by atoms with Crippen molar-refractivity contribution >= 4 is 24.2 Å². The zero-order chi connectivity index (χ0) is 15.0. The van der Waals surface area contributed by atoms with Crippen LogP contribution in [0.5, 0.6) is 0 Å². The van der Waals surface area contributed by atoms with Gasteiger partial charge in [0, 0.05) is 25.9 Å². The minimum Gasteiger partial charge on any atom is -0.356 e. The highest BCUT2D eigenvalue weighted by atomic mass is 35.5. The highest BCUT2D eigenvalue weighted by Crippen LogP contribution is 2.26. The van der Waals surface area contributed by atoms with E-state index < -0.39 is 0 Å². The maximum absolute atomic E-state index is 11.8. The summed E-state index contributed by atoms with van der Waals surface area (Å²) < 4.78 is 0. The molecule has 124 valence electrons. The van der Waals surface area contributed by atoms with Crippen molar-refractivity contribution in [1.29, 1.82) is 0 Å². The van der Waals surface area contributed by atoms with Crippen LogP contribution in [0.15, 0.2) is 0 Å². The Morgan fingerprint density at radius 3 is 2.33 bits per heavy atom. The second-order valence-electron chi connectivity index (χ2n) is 6.54. The van der Waals surface area contributed by atoms with Crippen LogP contribution in [0.25, 0.3) is 0 Å². The fourth-order valence-corrected chi connectivity index (χ4v) is 2.37. The van der Waals surface area contributed by atoms with Crippen LogP contribution >= 0.6 is 12.4 Å². The lowest BCUT2D eigenvalue weighted by Crippen LogP contribution is -2.43. The van der Waals surface area contributed by atoms with Gasteiger partial charge in [0.2, 0.25) is 11.8 Å². The maximum atomic E-state index is 11.8. The molecular formula is C15H30ClN3O2. The zero-order valence-electron chi connectivity index (χ0n) is 13.5. The standard InChI is InChI=1S/C15H29N3O2.ClH/c1-12(2)10-14(20)17-7-4-13(19)18-11-15(3)5-8-16-9-6-15;/h12,16H,4-11H2,1-3H3,(H,17,20)(H,18,19);1H. The van der Waals surface area contributed by atoms with Gasteiger partial charge in [-0.05, 0) is 37.3 Å². The van der Waals surface area contributed by atoms with Gasteiger partial charge in [-0.25, -0.2) is 0 Å². The summed E-state index contributed by atoms with van der Waals surface area (Å²) >= 11 is 0. The van der Waals surface area contributed by atoms with Crippen molar-refractivity contribution in [2.24, 2.45) is 11.3 Å². The summed E-state index contributed by atoms with van der Waals surface area (Å²) in [5.41, 5.74) is 0.210. The molecule has 0 spiro atoms. The summed E-state index contributed by atoms with van der Waals surface area (Å²) in [4.78, 5) is 23.2. The van der Waals surface area contributed by atoms with Crippen molar-refractivity contribution in [3.05, 3.63) is 0 Å². The molecule has 1 rings (SSSR count). The van der Waals surface area contributed by atoms with Crippen LogP contribution in [0.2, 0.25) is 0 Å². The average Bonchev–Trinajstić information content (AvgIpc) is 2.36. The van der Waals surface area contributed by atoms with Crippen molar-refractivity contribution in [3.8, 4) is 0 Å². The van der Waals surface area contributed by atoms with Crippen molar-refractivity contribution in [3.63, 3.8) is 0 Å². The van der Waals surface area contributed by atoms with Crippen LogP contribution in [0.4, 0.5) is 0 Å². The molecule has 0 unspecified atom stereocenters. The van der Waals surface area contributed by atoms with Gasteiger partial charge in [-0.15, -0.1) is 12.4 Å². The number of piperidine rings is 1. The van der Waals surface area contributed by atoms with Crippen LogP contribution in [-0.2, 0) is 9.59 Å². The molecule has 21 heavy (non-hydrogen) atoms. The smallest absolute Gasteiger partial charge is 0.221 e. The number of carbonyl (C=O) groups is 2. The van der Waals surface area contributed by atoms with Crippen molar-refractivity contribution < 1.29 is 9.59 Å². The number of carbonyl (C=O) groups excluding carboxylic acids is 2. The van der Waals surface area contributed by atoms with Crippen molar-refractivity contribution in [2.45, 2.75) is 46.5 Å². The van der Waals surface area contributed by atoms with E-state index >= 15 is 0 Å².